The molecule has 1 rings (SSSR count). The van der Waals surface area contributed by atoms with Crippen LogP contribution in [0.2, 0.25) is 0 Å². The highest BCUT2D eigenvalue weighted by molar-refractivity contribution is 4.95. The highest BCUT2D eigenvalue weighted by Gasteiger charge is 2.28. The minimum Gasteiger partial charge on any atom is -0.327 e. The Morgan fingerprint density at radius 3 is 2.73 bits per heavy atom. The van der Waals surface area contributed by atoms with Gasteiger partial charge in [-0.2, -0.15) is 0 Å². The first-order valence-electron chi connectivity index (χ1n) is 4.51. The predicted octanol–water partition coefficient (Wildman–Crippen LogP) is 2.33. The summed E-state index contributed by atoms with van der Waals surface area (Å²) in [5, 5.41) is 0. The lowest BCUT2D eigenvalue weighted by atomic mass is 9.90. The SMILES string of the molecule is CC1(C)CCC(/C=C/CN)C1. The second-order valence-corrected chi connectivity index (χ2v) is 4.33. The van der Waals surface area contributed by atoms with E-state index in [1.807, 2.05) is 0 Å². The molecule has 0 heterocycles. The summed E-state index contributed by atoms with van der Waals surface area (Å²) in [6.45, 7) is 5.39. The van der Waals surface area contributed by atoms with Crippen molar-refractivity contribution in [2.75, 3.05) is 6.54 Å². The van der Waals surface area contributed by atoms with Crippen molar-refractivity contribution < 1.29 is 0 Å². The van der Waals surface area contributed by atoms with Crippen LogP contribution in [0.1, 0.15) is 33.1 Å². The summed E-state index contributed by atoms with van der Waals surface area (Å²) in [5.41, 5.74) is 5.96. The van der Waals surface area contributed by atoms with Crippen molar-refractivity contribution in [1.29, 1.82) is 0 Å². The summed E-state index contributed by atoms with van der Waals surface area (Å²) < 4.78 is 0. The van der Waals surface area contributed by atoms with Gasteiger partial charge in [0, 0.05) is 6.54 Å². The third-order valence-electron chi connectivity index (χ3n) is 2.55. The van der Waals surface area contributed by atoms with E-state index in [2.05, 4.69) is 26.0 Å². The normalized spacial score (nSPS) is 29.9. The first-order valence-corrected chi connectivity index (χ1v) is 4.51. The summed E-state index contributed by atoms with van der Waals surface area (Å²) >= 11 is 0. The second kappa shape index (κ2) is 3.40. The van der Waals surface area contributed by atoms with Gasteiger partial charge in [-0.1, -0.05) is 26.0 Å². The smallest absolute Gasteiger partial charge is 0.0106 e. The van der Waals surface area contributed by atoms with Crippen molar-refractivity contribution in [3.8, 4) is 0 Å². The lowest BCUT2D eigenvalue weighted by Gasteiger charge is -2.15. The van der Waals surface area contributed by atoms with Gasteiger partial charge in [0.25, 0.3) is 0 Å². The molecular weight excluding hydrogens is 134 g/mol. The van der Waals surface area contributed by atoms with E-state index >= 15 is 0 Å². The Morgan fingerprint density at radius 1 is 1.55 bits per heavy atom. The molecule has 1 unspecified atom stereocenters. The molecule has 1 atom stereocenters. The largest absolute Gasteiger partial charge is 0.327 e. The molecule has 0 bridgehead atoms. The van der Waals surface area contributed by atoms with E-state index < -0.39 is 0 Å². The highest BCUT2D eigenvalue weighted by atomic mass is 14.5. The third-order valence-corrected chi connectivity index (χ3v) is 2.55. The standard InChI is InChI=1S/C10H19N/c1-10(2)6-5-9(8-10)4-3-7-11/h3-4,9H,5-8,11H2,1-2H3/b4-3+. The first kappa shape index (κ1) is 8.79. The van der Waals surface area contributed by atoms with Crippen LogP contribution in [-0.4, -0.2) is 6.54 Å². The molecule has 1 nitrogen and oxygen atoms in total. The van der Waals surface area contributed by atoms with Crippen molar-refractivity contribution in [2.45, 2.75) is 33.1 Å². The summed E-state index contributed by atoms with van der Waals surface area (Å²) in [7, 11) is 0. The first-order chi connectivity index (χ1) is 5.14. The fraction of sp³-hybridized carbons (Fsp3) is 0.800. The van der Waals surface area contributed by atoms with Crippen LogP contribution >= 0.6 is 0 Å². The zero-order chi connectivity index (χ0) is 8.32. The Labute approximate surface area is 69.7 Å². The van der Waals surface area contributed by atoms with Gasteiger partial charge in [-0.15, -0.1) is 0 Å². The molecule has 2 N–H and O–H groups in total. The van der Waals surface area contributed by atoms with Crippen molar-refractivity contribution >= 4 is 0 Å². The van der Waals surface area contributed by atoms with Crippen LogP contribution in [0.5, 0.6) is 0 Å². The molecule has 1 fully saturated rings. The van der Waals surface area contributed by atoms with Gasteiger partial charge in [0.15, 0.2) is 0 Å². The Hall–Kier alpha value is -0.300. The average molecular weight is 153 g/mol. The number of rotatable bonds is 2. The fourth-order valence-electron chi connectivity index (χ4n) is 1.93. The number of hydrogen-bond acceptors (Lipinski definition) is 1. The van der Waals surface area contributed by atoms with Crippen LogP contribution in [0.15, 0.2) is 12.2 Å². The molecule has 64 valence electrons. The molecule has 0 aromatic carbocycles. The molecule has 1 aliphatic carbocycles. The lowest BCUT2D eigenvalue weighted by molar-refractivity contribution is 0.372. The molecule has 1 heteroatoms. The summed E-state index contributed by atoms with van der Waals surface area (Å²) in [4.78, 5) is 0. The van der Waals surface area contributed by atoms with E-state index in [4.69, 9.17) is 5.73 Å². The van der Waals surface area contributed by atoms with Gasteiger partial charge in [0.1, 0.15) is 0 Å². The summed E-state index contributed by atoms with van der Waals surface area (Å²) in [5.74, 6) is 0.800. The maximum Gasteiger partial charge on any atom is 0.0106 e. The van der Waals surface area contributed by atoms with Gasteiger partial charge >= 0.3 is 0 Å². The van der Waals surface area contributed by atoms with Crippen molar-refractivity contribution in [2.24, 2.45) is 17.1 Å². The van der Waals surface area contributed by atoms with E-state index in [-0.39, 0.29) is 0 Å². The molecule has 0 spiro atoms. The van der Waals surface area contributed by atoms with E-state index in [9.17, 15) is 0 Å². The third kappa shape index (κ3) is 2.66. The van der Waals surface area contributed by atoms with E-state index in [0.717, 1.165) is 5.92 Å². The van der Waals surface area contributed by atoms with Crippen LogP contribution in [-0.2, 0) is 0 Å². The van der Waals surface area contributed by atoms with E-state index in [1.165, 1.54) is 19.3 Å². The molecule has 0 aliphatic heterocycles. The van der Waals surface area contributed by atoms with Gasteiger partial charge in [0.2, 0.25) is 0 Å². The Morgan fingerprint density at radius 2 is 2.27 bits per heavy atom. The molecule has 11 heavy (non-hydrogen) atoms. The minimum absolute atomic E-state index is 0.573. The van der Waals surface area contributed by atoms with E-state index in [0.29, 0.717) is 12.0 Å². The van der Waals surface area contributed by atoms with Gasteiger partial charge in [-0.05, 0) is 30.6 Å². The number of allylic oxidation sites excluding steroid dienone is 1. The molecule has 0 radical (unpaired) electrons. The van der Waals surface area contributed by atoms with Crippen LogP contribution in [0.3, 0.4) is 0 Å². The van der Waals surface area contributed by atoms with Gasteiger partial charge in [-0.25, -0.2) is 0 Å². The van der Waals surface area contributed by atoms with Crippen molar-refractivity contribution in [1.82, 2.24) is 0 Å². The maximum atomic E-state index is 5.39. The predicted molar refractivity (Wildman–Crippen MR) is 49.3 cm³/mol. The Kier molecular flexibility index (Phi) is 2.72. The van der Waals surface area contributed by atoms with Gasteiger partial charge in [0.05, 0.1) is 0 Å². The molecule has 1 aliphatic rings. The quantitative estimate of drug-likeness (QED) is 0.605. The highest BCUT2D eigenvalue weighted by Crippen LogP contribution is 2.41. The summed E-state index contributed by atoms with van der Waals surface area (Å²) in [6, 6.07) is 0. The summed E-state index contributed by atoms with van der Waals surface area (Å²) in [6.07, 6.45) is 8.43. The topological polar surface area (TPSA) is 26.0 Å². The zero-order valence-electron chi connectivity index (χ0n) is 7.64. The number of nitrogens with two attached hydrogens (primary N) is 1. The van der Waals surface area contributed by atoms with Gasteiger partial charge < -0.3 is 5.73 Å². The molecular formula is C10H19N. The maximum absolute atomic E-state index is 5.39. The number of hydrogen-bond donors (Lipinski definition) is 1. The lowest BCUT2D eigenvalue weighted by Crippen LogP contribution is -2.04. The van der Waals surface area contributed by atoms with Crippen LogP contribution in [0.4, 0.5) is 0 Å². The zero-order valence-corrected chi connectivity index (χ0v) is 7.64. The van der Waals surface area contributed by atoms with Crippen molar-refractivity contribution in [3.63, 3.8) is 0 Å². The van der Waals surface area contributed by atoms with Crippen LogP contribution in [0.25, 0.3) is 0 Å². The monoisotopic (exact) mass is 153 g/mol. The minimum atomic E-state index is 0.573. The van der Waals surface area contributed by atoms with Crippen molar-refractivity contribution in [3.05, 3.63) is 12.2 Å². The van der Waals surface area contributed by atoms with Crippen LogP contribution in [0, 0.1) is 11.3 Å². The second-order valence-electron chi connectivity index (χ2n) is 4.33. The molecule has 0 saturated heterocycles. The molecule has 0 aromatic heterocycles. The molecule has 1 saturated carbocycles. The van der Waals surface area contributed by atoms with Gasteiger partial charge in [-0.3, -0.25) is 0 Å². The van der Waals surface area contributed by atoms with E-state index in [1.54, 1.807) is 0 Å². The fourth-order valence-corrected chi connectivity index (χ4v) is 1.93. The molecule has 0 aromatic rings. The Balaban J connectivity index is 2.36. The molecule has 0 amide bonds. The average Bonchev–Trinajstić information content (AvgIpc) is 2.26. The Bertz CT molecular complexity index is 147. The van der Waals surface area contributed by atoms with Crippen LogP contribution < -0.4 is 5.73 Å².